The first-order valence-corrected chi connectivity index (χ1v) is 8.74. The van der Waals surface area contributed by atoms with Crippen LogP contribution in [0, 0.1) is 0 Å². The molecule has 124 valence electrons. The van der Waals surface area contributed by atoms with Gasteiger partial charge in [-0.05, 0) is 37.5 Å². The van der Waals surface area contributed by atoms with E-state index >= 15 is 0 Å². The summed E-state index contributed by atoms with van der Waals surface area (Å²) in [6.45, 7) is 5.10. The third-order valence-corrected chi connectivity index (χ3v) is 4.88. The fourth-order valence-electron chi connectivity index (χ4n) is 3.42. The van der Waals surface area contributed by atoms with E-state index in [4.69, 9.17) is 9.47 Å². The molecule has 2 aliphatic heterocycles. The number of hydrogen-bond acceptors (Lipinski definition) is 4. The molecule has 5 heteroatoms. The summed E-state index contributed by atoms with van der Waals surface area (Å²) in [5, 5.41) is 0. The topological polar surface area (TPSA) is 42.0 Å². The van der Waals surface area contributed by atoms with Gasteiger partial charge in [0.15, 0.2) is 11.5 Å². The Labute approximate surface area is 137 Å². The molecule has 0 bridgehead atoms. The number of ether oxygens (including phenoxy) is 2. The van der Waals surface area contributed by atoms with Crippen molar-refractivity contribution in [2.24, 2.45) is 0 Å². The van der Waals surface area contributed by atoms with Gasteiger partial charge in [0, 0.05) is 44.2 Å². The number of nitrogens with zero attached hydrogens (tertiary/aromatic N) is 2. The van der Waals surface area contributed by atoms with Crippen LogP contribution in [0.25, 0.3) is 0 Å². The van der Waals surface area contributed by atoms with Crippen molar-refractivity contribution in [3.63, 3.8) is 0 Å². The van der Waals surface area contributed by atoms with E-state index in [2.05, 4.69) is 4.90 Å². The minimum Gasteiger partial charge on any atom is -0.490 e. The Balaban J connectivity index is 1.46. The molecule has 0 unspecified atom stereocenters. The quantitative estimate of drug-likeness (QED) is 0.838. The van der Waals surface area contributed by atoms with E-state index in [1.165, 1.54) is 12.8 Å². The molecular formula is C18H24N2O3. The third-order valence-electron chi connectivity index (χ3n) is 4.88. The van der Waals surface area contributed by atoms with E-state index in [1.54, 1.807) is 0 Å². The maximum atomic E-state index is 12.8. The summed E-state index contributed by atoms with van der Waals surface area (Å²) in [4.78, 5) is 17.4. The fourth-order valence-corrected chi connectivity index (χ4v) is 3.42. The molecule has 5 nitrogen and oxygen atoms in total. The zero-order valence-electron chi connectivity index (χ0n) is 13.5. The molecule has 0 aromatic heterocycles. The van der Waals surface area contributed by atoms with E-state index in [0.717, 1.165) is 50.8 Å². The van der Waals surface area contributed by atoms with Gasteiger partial charge in [-0.2, -0.15) is 0 Å². The number of carbonyl (C=O) groups excluding carboxylic acids is 1. The Hall–Kier alpha value is -1.75. The van der Waals surface area contributed by atoms with Crippen LogP contribution < -0.4 is 9.47 Å². The maximum Gasteiger partial charge on any atom is 0.254 e. The Morgan fingerprint density at radius 3 is 2.61 bits per heavy atom. The largest absolute Gasteiger partial charge is 0.490 e. The molecule has 23 heavy (non-hydrogen) atoms. The van der Waals surface area contributed by atoms with Crippen molar-refractivity contribution in [3.8, 4) is 11.5 Å². The molecule has 2 fully saturated rings. The molecule has 0 atom stereocenters. The number of hydrogen-bond donors (Lipinski definition) is 0. The molecule has 0 N–H and O–H groups in total. The summed E-state index contributed by atoms with van der Waals surface area (Å²) in [6.07, 6.45) is 4.60. The van der Waals surface area contributed by atoms with Crippen LogP contribution in [-0.4, -0.2) is 61.1 Å². The van der Waals surface area contributed by atoms with Gasteiger partial charge in [0.1, 0.15) is 0 Å². The first kappa shape index (κ1) is 14.8. The number of carbonyl (C=O) groups is 1. The van der Waals surface area contributed by atoms with Gasteiger partial charge in [0.2, 0.25) is 0 Å². The smallest absolute Gasteiger partial charge is 0.254 e. The van der Waals surface area contributed by atoms with Gasteiger partial charge in [0.05, 0.1) is 13.2 Å². The van der Waals surface area contributed by atoms with E-state index in [-0.39, 0.29) is 5.91 Å². The molecule has 0 radical (unpaired) electrons. The highest BCUT2D eigenvalue weighted by Gasteiger charge is 2.31. The second-order valence-corrected chi connectivity index (χ2v) is 6.62. The van der Waals surface area contributed by atoms with Crippen molar-refractivity contribution in [3.05, 3.63) is 23.8 Å². The highest BCUT2D eigenvalue weighted by atomic mass is 16.5. The number of rotatable bonds is 2. The van der Waals surface area contributed by atoms with E-state index < -0.39 is 0 Å². The van der Waals surface area contributed by atoms with Gasteiger partial charge in [-0.25, -0.2) is 0 Å². The molecule has 1 saturated carbocycles. The van der Waals surface area contributed by atoms with Crippen LogP contribution in [0.15, 0.2) is 18.2 Å². The molecule has 2 heterocycles. The zero-order valence-corrected chi connectivity index (χ0v) is 13.5. The molecule has 4 rings (SSSR count). The summed E-state index contributed by atoms with van der Waals surface area (Å²) < 4.78 is 11.3. The lowest BCUT2D eigenvalue weighted by Crippen LogP contribution is -2.35. The van der Waals surface area contributed by atoms with Crippen LogP contribution in [0.5, 0.6) is 11.5 Å². The molecule has 1 saturated heterocycles. The van der Waals surface area contributed by atoms with Crippen LogP contribution >= 0.6 is 0 Å². The maximum absolute atomic E-state index is 12.8. The average molecular weight is 316 g/mol. The second kappa shape index (κ2) is 6.40. The third kappa shape index (κ3) is 3.29. The van der Waals surface area contributed by atoms with Crippen LogP contribution in [0.4, 0.5) is 0 Å². The molecule has 1 amide bonds. The Bertz CT molecular complexity index is 586. The fraction of sp³-hybridized carbons (Fsp3) is 0.611. The highest BCUT2D eigenvalue weighted by molar-refractivity contribution is 5.95. The van der Waals surface area contributed by atoms with Crippen molar-refractivity contribution in [2.45, 2.75) is 31.7 Å². The minimum atomic E-state index is 0.110. The normalized spacial score (nSPS) is 22.3. The van der Waals surface area contributed by atoms with E-state index in [1.807, 2.05) is 23.1 Å². The summed E-state index contributed by atoms with van der Waals surface area (Å²) in [6, 6.07) is 6.34. The molecule has 1 aromatic rings. The van der Waals surface area contributed by atoms with Crippen molar-refractivity contribution in [1.82, 2.24) is 9.80 Å². The zero-order chi connectivity index (χ0) is 15.6. The summed E-state index contributed by atoms with van der Waals surface area (Å²) in [5.74, 6) is 1.55. The lowest BCUT2D eigenvalue weighted by atomic mass is 10.1. The van der Waals surface area contributed by atoms with Crippen LogP contribution in [0.2, 0.25) is 0 Å². The monoisotopic (exact) mass is 316 g/mol. The summed E-state index contributed by atoms with van der Waals surface area (Å²) in [5.41, 5.74) is 0.703. The molecular weight excluding hydrogens is 292 g/mol. The predicted octanol–water partition coefficient (Wildman–Crippen LogP) is 2.16. The number of benzene rings is 1. The Morgan fingerprint density at radius 2 is 1.78 bits per heavy atom. The van der Waals surface area contributed by atoms with Gasteiger partial charge in [-0.15, -0.1) is 0 Å². The van der Waals surface area contributed by atoms with Crippen LogP contribution in [0.3, 0.4) is 0 Å². The van der Waals surface area contributed by atoms with Gasteiger partial charge >= 0.3 is 0 Å². The SMILES string of the molecule is O=C(c1ccc2c(c1)OCCCO2)N1CCCN(C2CC2)CC1. The van der Waals surface area contributed by atoms with Crippen molar-refractivity contribution in [2.75, 3.05) is 39.4 Å². The minimum absolute atomic E-state index is 0.110. The van der Waals surface area contributed by atoms with Gasteiger partial charge in [-0.3, -0.25) is 9.69 Å². The predicted molar refractivity (Wildman–Crippen MR) is 87.2 cm³/mol. The van der Waals surface area contributed by atoms with Crippen LogP contribution in [0.1, 0.15) is 36.0 Å². The van der Waals surface area contributed by atoms with Crippen molar-refractivity contribution < 1.29 is 14.3 Å². The highest BCUT2D eigenvalue weighted by Crippen LogP contribution is 2.31. The molecule has 1 aromatic carbocycles. The van der Waals surface area contributed by atoms with E-state index in [0.29, 0.717) is 24.5 Å². The average Bonchev–Trinajstić information content (AvgIpc) is 3.40. The summed E-state index contributed by atoms with van der Waals surface area (Å²) >= 11 is 0. The summed E-state index contributed by atoms with van der Waals surface area (Å²) in [7, 11) is 0. The molecule has 1 aliphatic carbocycles. The lowest BCUT2D eigenvalue weighted by Gasteiger charge is -2.22. The van der Waals surface area contributed by atoms with Gasteiger partial charge < -0.3 is 14.4 Å². The van der Waals surface area contributed by atoms with Gasteiger partial charge in [0.25, 0.3) is 5.91 Å². The lowest BCUT2D eigenvalue weighted by molar-refractivity contribution is 0.0760. The van der Waals surface area contributed by atoms with Gasteiger partial charge in [-0.1, -0.05) is 0 Å². The number of amides is 1. The first-order valence-electron chi connectivity index (χ1n) is 8.74. The first-order chi connectivity index (χ1) is 11.3. The van der Waals surface area contributed by atoms with Crippen molar-refractivity contribution in [1.29, 1.82) is 0 Å². The van der Waals surface area contributed by atoms with E-state index in [9.17, 15) is 4.79 Å². The molecule has 3 aliphatic rings. The Kier molecular flexibility index (Phi) is 4.12. The number of fused-ring (bicyclic) bond motifs is 1. The second-order valence-electron chi connectivity index (χ2n) is 6.62. The standard InChI is InChI=1S/C18H24N2O3/c21-18(20-8-1-7-19(9-10-20)15-4-5-15)14-3-6-16-17(13-14)23-12-2-11-22-16/h3,6,13,15H,1-2,4-5,7-12H2. The Morgan fingerprint density at radius 1 is 0.957 bits per heavy atom. The van der Waals surface area contributed by atoms with Crippen LogP contribution in [-0.2, 0) is 0 Å². The van der Waals surface area contributed by atoms with Crippen molar-refractivity contribution >= 4 is 5.91 Å². The molecule has 0 spiro atoms.